The predicted molar refractivity (Wildman–Crippen MR) is 105 cm³/mol. The molecular weight excluding hydrogens is 381 g/mol. The molecule has 0 bridgehead atoms. The van der Waals surface area contributed by atoms with E-state index in [9.17, 15) is 18.0 Å². The second-order valence-corrected chi connectivity index (χ2v) is 6.74. The summed E-state index contributed by atoms with van der Waals surface area (Å²) in [6.45, 7) is 3.18. The molecule has 2 heterocycles. The van der Waals surface area contributed by atoms with Gasteiger partial charge in [-0.3, -0.25) is 9.48 Å². The smallest absolute Gasteiger partial charge is 0.257 e. The fraction of sp³-hybridized carbons (Fsp3) is 0.286. The maximum atomic E-state index is 13.3. The molecule has 2 aromatic heterocycles. The number of carbonyl (C=O) groups excluding carboxylic acids is 1. The fourth-order valence-corrected chi connectivity index (χ4v) is 2.79. The highest BCUT2D eigenvalue weighted by Gasteiger charge is 2.17. The standard InChI is InChI=1S/C21H21F3N4O/c1-3-13(2)21(29)26-19-10-15(8-9-25-19)17-11-28(12-18(23)24)27-20(17)14-4-6-16(22)7-5-14/h4-11,13,18H,3,12H2,1-2H3,(H,25,26,29). The van der Waals surface area contributed by atoms with Crippen molar-refractivity contribution < 1.29 is 18.0 Å². The molecule has 29 heavy (non-hydrogen) atoms. The lowest BCUT2D eigenvalue weighted by Gasteiger charge is -2.10. The van der Waals surface area contributed by atoms with E-state index >= 15 is 0 Å². The van der Waals surface area contributed by atoms with Crippen LogP contribution < -0.4 is 5.32 Å². The number of hydrogen-bond donors (Lipinski definition) is 1. The Labute approximate surface area is 166 Å². The van der Waals surface area contributed by atoms with Gasteiger partial charge in [-0.15, -0.1) is 0 Å². The summed E-state index contributed by atoms with van der Waals surface area (Å²) in [5.41, 5.74) is 2.27. The van der Waals surface area contributed by atoms with E-state index in [4.69, 9.17) is 0 Å². The topological polar surface area (TPSA) is 59.8 Å². The van der Waals surface area contributed by atoms with Gasteiger partial charge in [0, 0.05) is 29.4 Å². The second kappa shape index (κ2) is 8.89. The minimum atomic E-state index is -2.56. The Bertz CT molecular complexity index is 986. The number of aromatic nitrogens is 3. The molecule has 1 atom stereocenters. The van der Waals surface area contributed by atoms with Gasteiger partial charge >= 0.3 is 0 Å². The van der Waals surface area contributed by atoms with E-state index in [0.717, 1.165) is 4.68 Å². The monoisotopic (exact) mass is 402 g/mol. The Morgan fingerprint density at radius 3 is 2.55 bits per heavy atom. The van der Waals surface area contributed by atoms with Crippen molar-refractivity contribution in [3.05, 3.63) is 54.6 Å². The predicted octanol–water partition coefficient (Wildman–Crippen LogP) is 5.00. The van der Waals surface area contributed by atoms with Crippen molar-refractivity contribution in [2.24, 2.45) is 5.92 Å². The quantitative estimate of drug-likeness (QED) is 0.605. The first kappa shape index (κ1) is 20.6. The zero-order valence-corrected chi connectivity index (χ0v) is 16.1. The highest BCUT2D eigenvalue weighted by atomic mass is 19.3. The average molecular weight is 402 g/mol. The lowest BCUT2D eigenvalue weighted by atomic mass is 10.0. The molecule has 0 aliphatic carbocycles. The van der Waals surface area contributed by atoms with Crippen molar-refractivity contribution in [2.75, 3.05) is 5.32 Å². The molecule has 1 N–H and O–H groups in total. The van der Waals surface area contributed by atoms with Gasteiger partial charge in [0.15, 0.2) is 0 Å². The lowest BCUT2D eigenvalue weighted by molar-refractivity contribution is -0.119. The summed E-state index contributed by atoms with van der Waals surface area (Å²) in [5.74, 6) is -0.353. The Kier molecular flexibility index (Phi) is 6.31. The van der Waals surface area contributed by atoms with E-state index in [1.807, 2.05) is 13.8 Å². The first-order chi connectivity index (χ1) is 13.9. The first-order valence-electron chi connectivity index (χ1n) is 9.26. The van der Waals surface area contributed by atoms with Crippen molar-refractivity contribution in [3.8, 4) is 22.4 Å². The number of anilines is 1. The Balaban J connectivity index is 2.00. The number of nitrogens with one attached hydrogen (secondary N) is 1. The Hall–Kier alpha value is -3.16. The van der Waals surface area contributed by atoms with Gasteiger partial charge in [0.25, 0.3) is 6.43 Å². The van der Waals surface area contributed by atoms with Gasteiger partial charge in [0.05, 0.1) is 0 Å². The van der Waals surface area contributed by atoms with Crippen LogP contribution in [0, 0.1) is 11.7 Å². The lowest BCUT2D eigenvalue weighted by Crippen LogP contribution is -2.20. The Morgan fingerprint density at radius 2 is 1.90 bits per heavy atom. The number of pyridine rings is 1. The van der Waals surface area contributed by atoms with Crippen LogP contribution in [-0.4, -0.2) is 27.1 Å². The van der Waals surface area contributed by atoms with Crippen molar-refractivity contribution in [2.45, 2.75) is 33.2 Å². The van der Waals surface area contributed by atoms with Crippen LogP contribution in [0.5, 0.6) is 0 Å². The van der Waals surface area contributed by atoms with Gasteiger partial charge in [-0.05, 0) is 48.4 Å². The van der Waals surface area contributed by atoms with Crippen LogP contribution in [0.2, 0.25) is 0 Å². The van der Waals surface area contributed by atoms with E-state index in [-0.39, 0.29) is 11.8 Å². The summed E-state index contributed by atoms with van der Waals surface area (Å²) in [6.07, 6.45) is 1.17. The molecule has 0 aliphatic heterocycles. The van der Waals surface area contributed by atoms with E-state index < -0.39 is 18.8 Å². The molecular formula is C21H21F3N4O. The van der Waals surface area contributed by atoms with Crippen LogP contribution in [0.15, 0.2) is 48.8 Å². The molecule has 0 aliphatic rings. The third kappa shape index (κ3) is 5.01. The molecule has 5 nitrogen and oxygen atoms in total. The van der Waals surface area contributed by atoms with Crippen LogP contribution in [0.1, 0.15) is 20.3 Å². The molecule has 0 spiro atoms. The molecule has 8 heteroatoms. The van der Waals surface area contributed by atoms with Gasteiger partial charge in [-0.1, -0.05) is 13.8 Å². The molecule has 1 aromatic carbocycles. The van der Waals surface area contributed by atoms with Crippen LogP contribution in [0.3, 0.4) is 0 Å². The van der Waals surface area contributed by atoms with Crippen LogP contribution >= 0.6 is 0 Å². The van der Waals surface area contributed by atoms with Gasteiger partial charge in [0.2, 0.25) is 5.91 Å². The summed E-state index contributed by atoms with van der Waals surface area (Å²) in [4.78, 5) is 16.3. The largest absolute Gasteiger partial charge is 0.310 e. The number of halogens is 3. The number of rotatable bonds is 7. The highest BCUT2D eigenvalue weighted by molar-refractivity contribution is 5.92. The van der Waals surface area contributed by atoms with Crippen LogP contribution in [0.25, 0.3) is 22.4 Å². The fourth-order valence-electron chi connectivity index (χ4n) is 2.79. The average Bonchev–Trinajstić information content (AvgIpc) is 3.11. The summed E-state index contributed by atoms with van der Waals surface area (Å²) in [6, 6.07) is 9.03. The zero-order chi connectivity index (χ0) is 21.0. The number of amides is 1. The number of hydrogen-bond acceptors (Lipinski definition) is 3. The normalized spacial score (nSPS) is 12.2. The molecule has 0 radical (unpaired) electrons. The van der Waals surface area contributed by atoms with Crippen LogP contribution in [0.4, 0.5) is 19.0 Å². The molecule has 1 amide bonds. The number of nitrogens with zero attached hydrogens (tertiary/aromatic N) is 3. The summed E-state index contributed by atoms with van der Waals surface area (Å²) >= 11 is 0. The van der Waals surface area contributed by atoms with Crippen molar-refractivity contribution in [1.29, 1.82) is 0 Å². The van der Waals surface area contributed by atoms with E-state index in [0.29, 0.717) is 34.6 Å². The van der Waals surface area contributed by atoms with Crippen molar-refractivity contribution in [3.63, 3.8) is 0 Å². The first-order valence-corrected chi connectivity index (χ1v) is 9.26. The van der Waals surface area contributed by atoms with Crippen molar-refractivity contribution in [1.82, 2.24) is 14.8 Å². The molecule has 0 saturated carbocycles. The van der Waals surface area contributed by atoms with E-state index in [2.05, 4.69) is 15.4 Å². The second-order valence-electron chi connectivity index (χ2n) is 6.74. The summed E-state index contributed by atoms with van der Waals surface area (Å²) in [5, 5.41) is 7.03. The maximum Gasteiger partial charge on any atom is 0.257 e. The molecule has 3 aromatic rings. The van der Waals surface area contributed by atoms with E-state index in [1.54, 1.807) is 24.3 Å². The molecule has 0 saturated heterocycles. The molecule has 0 fully saturated rings. The number of carbonyl (C=O) groups is 1. The minimum absolute atomic E-state index is 0.149. The van der Waals surface area contributed by atoms with Crippen LogP contribution in [-0.2, 0) is 11.3 Å². The minimum Gasteiger partial charge on any atom is -0.310 e. The summed E-state index contributed by atoms with van der Waals surface area (Å²) < 4.78 is 40.2. The van der Waals surface area contributed by atoms with Gasteiger partial charge < -0.3 is 5.32 Å². The van der Waals surface area contributed by atoms with E-state index in [1.165, 1.54) is 24.5 Å². The third-order valence-corrected chi connectivity index (χ3v) is 4.59. The SMILES string of the molecule is CCC(C)C(=O)Nc1cc(-c2cn(CC(F)F)nc2-c2ccc(F)cc2)ccn1. The van der Waals surface area contributed by atoms with Gasteiger partial charge in [-0.2, -0.15) is 5.10 Å². The Morgan fingerprint density at radius 1 is 1.17 bits per heavy atom. The molecule has 152 valence electrons. The molecule has 3 rings (SSSR count). The maximum absolute atomic E-state index is 13.3. The van der Waals surface area contributed by atoms with Gasteiger partial charge in [0.1, 0.15) is 23.9 Å². The number of alkyl halides is 2. The third-order valence-electron chi connectivity index (χ3n) is 4.59. The summed E-state index contributed by atoms with van der Waals surface area (Å²) in [7, 11) is 0. The van der Waals surface area contributed by atoms with Crippen molar-refractivity contribution >= 4 is 11.7 Å². The highest BCUT2D eigenvalue weighted by Crippen LogP contribution is 2.32. The molecule has 1 unspecified atom stereocenters. The zero-order valence-electron chi connectivity index (χ0n) is 16.1. The number of benzene rings is 1. The van der Waals surface area contributed by atoms with Gasteiger partial charge in [-0.25, -0.2) is 18.2 Å².